The second kappa shape index (κ2) is 6.71. The minimum Gasteiger partial charge on any atom is -0.399 e. The molecule has 7 heteroatoms. The van der Waals surface area contributed by atoms with Gasteiger partial charge in [-0.1, -0.05) is 0 Å². The predicted molar refractivity (Wildman–Crippen MR) is 81.3 cm³/mol. The lowest BCUT2D eigenvalue weighted by Crippen LogP contribution is -2.38. The lowest BCUT2D eigenvalue weighted by molar-refractivity contribution is -0.122. The molecule has 1 fully saturated rings. The molecule has 1 saturated heterocycles. The van der Waals surface area contributed by atoms with Crippen LogP contribution in [-0.2, 0) is 9.59 Å². The Morgan fingerprint density at radius 3 is 3.05 bits per heavy atom. The van der Waals surface area contributed by atoms with Gasteiger partial charge in [0.2, 0.25) is 11.8 Å². The Hall–Kier alpha value is -1.60. The van der Waals surface area contributed by atoms with Crippen LogP contribution < -0.4 is 16.4 Å². The van der Waals surface area contributed by atoms with Crippen molar-refractivity contribution in [1.82, 2.24) is 10.2 Å². The Balaban J connectivity index is 1.93. The van der Waals surface area contributed by atoms with Crippen LogP contribution in [0.1, 0.15) is 6.42 Å². The quantitative estimate of drug-likeness (QED) is 0.710. The van der Waals surface area contributed by atoms with Gasteiger partial charge in [-0.15, -0.1) is 0 Å². The molecule has 1 aliphatic rings. The summed E-state index contributed by atoms with van der Waals surface area (Å²) in [6, 6.07) is 5.20. The van der Waals surface area contributed by atoms with Crippen LogP contribution in [0, 0.1) is 0 Å². The highest BCUT2D eigenvalue weighted by molar-refractivity contribution is 9.10. The van der Waals surface area contributed by atoms with E-state index in [4.69, 9.17) is 5.73 Å². The fraction of sp³-hybridized carbons (Fsp3) is 0.385. The van der Waals surface area contributed by atoms with Crippen molar-refractivity contribution in [2.24, 2.45) is 0 Å². The Labute approximate surface area is 125 Å². The van der Waals surface area contributed by atoms with Gasteiger partial charge in [0.05, 0.1) is 18.8 Å². The molecule has 1 aliphatic heterocycles. The largest absolute Gasteiger partial charge is 0.399 e. The van der Waals surface area contributed by atoms with Gasteiger partial charge in [-0.25, -0.2) is 0 Å². The highest BCUT2D eigenvalue weighted by atomic mass is 79.9. The number of carbonyl (C=O) groups excluding carboxylic acids is 2. The summed E-state index contributed by atoms with van der Waals surface area (Å²) in [6.07, 6.45) is 0.852. The molecule has 2 rings (SSSR count). The molecule has 0 bridgehead atoms. The van der Waals surface area contributed by atoms with E-state index in [1.807, 2.05) is 4.90 Å². The Morgan fingerprint density at radius 1 is 1.50 bits per heavy atom. The van der Waals surface area contributed by atoms with E-state index in [-0.39, 0.29) is 24.9 Å². The molecule has 4 N–H and O–H groups in total. The Bertz CT molecular complexity index is 521. The first-order chi connectivity index (χ1) is 9.54. The van der Waals surface area contributed by atoms with Gasteiger partial charge in [0.15, 0.2) is 0 Å². The SMILES string of the molecule is Nc1ccc(NC(=O)CN2CCCNC(=O)C2)c(Br)c1. The summed E-state index contributed by atoms with van der Waals surface area (Å²) in [5.74, 6) is -0.186. The maximum atomic E-state index is 12.0. The molecular weight excluding hydrogens is 324 g/mol. The molecule has 0 unspecified atom stereocenters. The second-order valence-electron chi connectivity index (χ2n) is 4.70. The maximum Gasteiger partial charge on any atom is 0.238 e. The molecule has 0 saturated carbocycles. The van der Waals surface area contributed by atoms with Gasteiger partial charge in [0, 0.05) is 23.2 Å². The molecule has 0 aliphatic carbocycles. The highest BCUT2D eigenvalue weighted by Crippen LogP contribution is 2.24. The zero-order chi connectivity index (χ0) is 14.5. The normalized spacial score (nSPS) is 16.4. The first-order valence-electron chi connectivity index (χ1n) is 6.38. The molecule has 0 aromatic heterocycles. The van der Waals surface area contributed by atoms with Crippen molar-refractivity contribution >= 4 is 39.1 Å². The van der Waals surface area contributed by atoms with Crippen LogP contribution in [0.25, 0.3) is 0 Å². The number of anilines is 2. The van der Waals surface area contributed by atoms with Crippen LogP contribution in [0.15, 0.2) is 22.7 Å². The van der Waals surface area contributed by atoms with E-state index >= 15 is 0 Å². The minimum absolute atomic E-state index is 0.0380. The third kappa shape index (κ3) is 4.21. The molecule has 108 valence electrons. The molecular formula is C13H17BrN4O2. The lowest BCUT2D eigenvalue weighted by Gasteiger charge is -2.18. The minimum atomic E-state index is -0.148. The summed E-state index contributed by atoms with van der Waals surface area (Å²) in [5, 5.41) is 5.58. The van der Waals surface area contributed by atoms with E-state index in [9.17, 15) is 9.59 Å². The summed E-state index contributed by atoms with van der Waals surface area (Å²) in [4.78, 5) is 25.3. The van der Waals surface area contributed by atoms with E-state index < -0.39 is 0 Å². The van der Waals surface area contributed by atoms with Crippen molar-refractivity contribution in [2.45, 2.75) is 6.42 Å². The van der Waals surface area contributed by atoms with E-state index in [0.29, 0.717) is 17.9 Å². The summed E-state index contributed by atoms with van der Waals surface area (Å²) < 4.78 is 0.736. The monoisotopic (exact) mass is 340 g/mol. The van der Waals surface area contributed by atoms with Crippen LogP contribution in [-0.4, -0.2) is 42.9 Å². The van der Waals surface area contributed by atoms with Gasteiger partial charge in [-0.2, -0.15) is 0 Å². The third-order valence-corrected chi connectivity index (χ3v) is 3.63. The van der Waals surface area contributed by atoms with Gasteiger partial charge in [0.25, 0.3) is 0 Å². The Morgan fingerprint density at radius 2 is 2.30 bits per heavy atom. The van der Waals surface area contributed by atoms with Crippen molar-refractivity contribution in [1.29, 1.82) is 0 Å². The Kier molecular flexibility index (Phi) is 4.97. The molecule has 1 aromatic carbocycles. The maximum absolute atomic E-state index is 12.0. The number of nitrogens with two attached hydrogens (primary N) is 1. The van der Waals surface area contributed by atoms with E-state index in [1.54, 1.807) is 18.2 Å². The van der Waals surface area contributed by atoms with Crippen molar-refractivity contribution in [3.05, 3.63) is 22.7 Å². The highest BCUT2D eigenvalue weighted by Gasteiger charge is 2.17. The van der Waals surface area contributed by atoms with E-state index in [0.717, 1.165) is 17.4 Å². The zero-order valence-corrected chi connectivity index (χ0v) is 12.6. The summed E-state index contributed by atoms with van der Waals surface area (Å²) in [5.41, 5.74) is 6.94. The number of halogens is 1. The fourth-order valence-corrected chi connectivity index (χ4v) is 2.52. The van der Waals surface area contributed by atoms with Crippen molar-refractivity contribution in [2.75, 3.05) is 37.2 Å². The number of benzene rings is 1. The van der Waals surface area contributed by atoms with Crippen LogP contribution >= 0.6 is 15.9 Å². The van der Waals surface area contributed by atoms with Crippen molar-refractivity contribution < 1.29 is 9.59 Å². The molecule has 0 radical (unpaired) electrons. The van der Waals surface area contributed by atoms with E-state index in [2.05, 4.69) is 26.6 Å². The summed E-state index contributed by atoms with van der Waals surface area (Å²) >= 11 is 3.35. The molecule has 0 atom stereocenters. The molecule has 0 spiro atoms. The number of carbonyl (C=O) groups is 2. The van der Waals surface area contributed by atoms with Gasteiger partial charge < -0.3 is 16.4 Å². The van der Waals surface area contributed by atoms with Gasteiger partial charge in [-0.05, 0) is 40.5 Å². The van der Waals surface area contributed by atoms with Crippen LogP contribution in [0.5, 0.6) is 0 Å². The lowest BCUT2D eigenvalue weighted by atomic mass is 10.3. The standard InChI is InChI=1S/C13H17BrN4O2/c14-10-6-9(15)2-3-11(10)17-13(20)8-18-5-1-4-16-12(19)7-18/h2-3,6H,1,4-5,7-8,15H2,(H,16,19)(H,17,20). The van der Waals surface area contributed by atoms with Gasteiger partial charge in [-0.3, -0.25) is 14.5 Å². The topological polar surface area (TPSA) is 87.5 Å². The number of nitrogens with zero attached hydrogens (tertiary/aromatic N) is 1. The average Bonchev–Trinajstić information content (AvgIpc) is 2.57. The first-order valence-corrected chi connectivity index (χ1v) is 7.18. The van der Waals surface area contributed by atoms with Gasteiger partial charge in [0.1, 0.15) is 0 Å². The summed E-state index contributed by atoms with van der Waals surface area (Å²) in [7, 11) is 0. The van der Waals surface area contributed by atoms with E-state index in [1.165, 1.54) is 0 Å². The second-order valence-corrected chi connectivity index (χ2v) is 5.56. The molecule has 1 heterocycles. The third-order valence-electron chi connectivity index (χ3n) is 2.97. The number of hydrogen-bond donors (Lipinski definition) is 3. The summed E-state index contributed by atoms with van der Waals surface area (Å²) in [6.45, 7) is 1.86. The number of nitrogens with one attached hydrogen (secondary N) is 2. The number of hydrogen-bond acceptors (Lipinski definition) is 4. The molecule has 20 heavy (non-hydrogen) atoms. The smallest absolute Gasteiger partial charge is 0.238 e. The first kappa shape index (κ1) is 14.8. The van der Waals surface area contributed by atoms with Gasteiger partial charge >= 0.3 is 0 Å². The number of nitrogen functional groups attached to an aromatic ring is 1. The van der Waals surface area contributed by atoms with Crippen molar-refractivity contribution in [3.63, 3.8) is 0 Å². The number of amides is 2. The van der Waals surface area contributed by atoms with Crippen LogP contribution in [0.3, 0.4) is 0 Å². The van der Waals surface area contributed by atoms with Crippen molar-refractivity contribution in [3.8, 4) is 0 Å². The molecule has 2 amide bonds. The number of rotatable bonds is 3. The molecule has 6 nitrogen and oxygen atoms in total. The fourth-order valence-electron chi connectivity index (χ4n) is 2.03. The van der Waals surface area contributed by atoms with Crippen LogP contribution in [0.4, 0.5) is 11.4 Å². The zero-order valence-electron chi connectivity index (χ0n) is 11.0. The average molecular weight is 341 g/mol. The van der Waals surface area contributed by atoms with Crippen LogP contribution in [0.2, 0.25) is 0 Å². The molecule has 1 aromatic rings. The predicted octanol–water partition coefficient (Wildman–Crippen LogP) is 0.792.